The van der Waals surface area contributed by atoms with Gasteiger partial charge >= 0.3 is 0 Å². The fourth-order valence-electron chi connectivity index (χ4n) is 1.92. The third kappa shape index (κ3) is 3.52. The molecular formula is C16H12BrNO. The molecule has 94 valence electrons. The molecule has 0 heterocycles. The van der Waals surface area contributed by atoms with E-state index in [4.69, 9.17) is 0 Å². The van der Waals surface area contributed by atoms with Crippen LogP contribution in [0.1, 0.15) is 17.0 Å². The molecule has 0 aliphatic carbocycles. The maximum Gasteiger partial charge on any atom is 0.158 e. The number of carbonyl (C=O) groups is 1. The third-order valence-electron chi connectivity index (χ3n) is 2.85. The Morgan fingerprint density at radius 2 is 1.89 bits per heavy atom. The van der Waals surface area contributed by atoms with E-state index in [1.165, 1.54) is 0 Å². The molecule has 2 rings (SSSR count). The molecule has 0 saturated heterocycles. The molecule has 0 aliphatic rings. The lowest BCUT2D eigenvalue weighted by Crippen LogP contribution is -2.13. The fourth-order valence-corrected chi connectivity index (χ4v) is 2.33. The average molecular weight is 314 g/mol. The van der Waals surface area contributed by atoms with Crippen LogP contribution in [0.5, 0.6) is 0 Å². The highest BCUT2D eigenvalue weighted by Gasteiger charge is 2.20. The van der Waals surface area contributed by atoms with Gasteiger partial charge in [0.15, 0.2) is 5.78 Å². The minimum atomic E-state index is -0.710. The summed E-state index contributed by atoms with van der Waals surface area (Å²) in [5, 5.41) is 9.23. The van der Waals surface area contributed by atoms with Crippen LogP contribution in [-0.4, -0.2) is 5.78 Å². The van der Waals surface area contributed by atoms with Crippen molar-refractivity contribution in [3.63, 3.8) is 0 Å². The van der Waals surface area contributed by atoms with Gasteiger partial charge in [0.05, 0.1) is 6.07 Å². The fraction of sp³-hybridized carbons (Fsp3) is 0.125. The summed E-state index contributed by atoms with van der Waals surface area (Å²) in [5.74, 6) is -0.787. The van der Waals surface area contributed by atoms with Crippen molar-refractivity contribution < 1.29 is 4.79 Å². The van der Waals surface area contributed by atoms with Crippen LogP contribution in [0.2, 0.25) is 0 Å². The second-order valence-electron chi connectivity index (χ2n) is 4.25. The summed E-state index contributed by atoms with van der Waals surface area (Å²) in [6.45, 7) is 0. The lowest BCUT2D eigenvalue weighted by Gasteiger charge is -2.09. The Bertz CT molecular complexity index is 616. The summed E-state index contributed by atoms with van der Waals surface area (Å²) in [7, 11) is 0. The van der Waals surface area contributed by atoms with Crippen LogP contribution in [0.15, 0.2) is 59.1 Å². The van der Waals surface area contributed by atoms with E-state index in [1.807, 2.05) is 54.6 Å². The van der Waals surface area contributed by atoms with Crippen LogP contribution < -0.4 is 0 Å². The molecule has 3 heteroatoms. The molecule has 1 atom stereocenters. The van der Waals surface area contributed by atoms with Crippen LogP contribution in [0, 0.1) is 11.3 Å². The molecule has 0 spiro atoms. The highest BCUT2D eigenvalue weighted by Crippen LogP contribution is 2.21. The van der Waals surface area contributed by atoms with E-state index >= 15 is 0 Å². The van der Waals surface area contributed by atoms with Gasteiger partial charge in [0.2, 0.25) is 0 Å². The maximum absolute atomic E-state index is 12.2. The molecule has 1 unspecified atom stereocenters. The number of hydrogen-bond acceptors (Lipinski definition) is 2. The average Bonchev–Trinajstić information content (AvgIpc) is 2.41. The van der Waals surface area contributed by atoms with E-state index in [9.17, 15) is 10.1 Å². The zero-order valence-electron chi connectivity index (χ0n) is 10.2. The number of ketones is 1. The second kappa shape index (κ2) is 6.31. The Labute approximate surface area is 120 Å². The number of hydrogen-bond donors (Lipinski definition) is 0. The van der Waals surface area contributed by atoms with Crippen molar-refractivity contribution >= 4 is 21.7 Å². The van der Waals surface area contributed by atoms with Gasteiger partial charge in [0.25, 0.3) is 0 Å². The molecule has 2 aromatic rings. The van der Waals surface area contributed by atoms with Gasteiger partial charge in [-0.25, -0.2) is 0 Å². The van der Waals surface area contributed by atoms with Gasteiger partial charge in [0, 0.05) is 10.9 Å². The standard InChI is InChI=1S/C16H12BrNO/c17-14-8-4-7-13(10-14)15(11-18)16(19)9-12-5-2-1-3-6-12/h1-8,10,15H,9H2. The van der Waals surface area contributed by atoms with Crippen molar-refractivity contribution in [2.75, 3.05) is 0 Å². The van der Waals surface area contributed by atoms with Crippen molar-refractivity contribution in [1.82, 2.24) is 0 Å². The van der Waals surface area contributed by atoms with Gasteiger partial charge in [-0.15, -0.1) is 0 Å². The van der Waals surface area contributed by atoms with E-state index in [0.29, 0.717) is 0 Å². The van der Waals surface area contributed by atoms with Crippen molar-refractivity contribution in [2.24, 2.45) is 0 Å². The van der Waals surface area contributed by atoms with Gasteiger partial charge in [0.1, 0.15) is 5.92 Å². The quantitative estimate of drug-likeness (QED) is 0.859. The number of rotatable bonds is 4. The normalized spacial score (nSPS) is 11.6. The molecule has 19 heavy (non-hydrogen) atoms. The summed E-state index contributed by atoms with van der Waals surface area (Å²) in [6.07, 6.45) is 0.283. The zero-order valence-corrected chi connectivity index (χ0v) is 11.8. The Kier molecular flexibility index (Phi) is 4.48. The molecule has 0 fully saturated rings. The summed E-state index contributed by atoms with van der Waals surface area (Å²) in [5.41, 5.74) is 1.67. The molecule has 0 N–H and O–H groups in total. The van der Waals surface area contributed by atoms with Crippen molar-refractivity contribution in [3.05, 3.63) is 70.2 Å². The van der Waals surface area contributed by atoms with E-state index < -0.39 is 5.92 Å². The monoisotopic (exact) mass is 313 g/mol. The number of nitrogens with zero attached hydrogens (tertiary/aromatic N) is 1. The van der Waals surface area contributed by atoms with Gasteiger partial charge in [-0.3, -0.25) is 4.79 Å². The second-order valence-corrected chi connectivity index (χ2v) is 5.16. The Morgan fingerprint density at radius 3 is 2.53 bits per heavy atom. The minimum absolute atomic E-state index is 0.0770. The van der Waals surface area contributed by atoms with Crippen LogP contribution in [0.25, 0.3) is 0 Å². The summed E-state index contributed by atoms with van der Waals surface area (Å²) < 4.78 is 0.873. The Balaban J connectivity index is 2.19. The summed E-state index contributed by atoms with van der Waals surface area (Å²) >= 11 is 3.35. The van der Waals surface area contributed by atoms with Crippen molar-refractivity contribution in [2.45, 2.75) is 12.3 Å². The molecule has 0 amide bonds. The summed E-state index contributed by atoms with van der Waals surface area (Å²) in [4.78, 5) is 12.2. The SMILES string of the molecule is N#CC(C(=O)Cc1ccccc1)c1cccc(Br)c1. The number of Topliss-reactive ketones (excluding diaryl/α,β-unsaturated/α-hetero) is 1. The number of carbonyl (C=O) groups excluding carboxylic acids is 1. The van der Waals surface area contributed by atoms with Gasteiger partial charge in [-0.2, -0.15) is 5.26 Å². The highest BCUT2D eigenvalue weighted by atomic mass is 79.9. The van der Waals surface area contributed by atoms with Gasteiger partial charge in [-0.05, 0) is 23.3 Å². The molecule has 0 saturated carbocycles. The highest BCUT2D eigenvalue weighted by molar-refractivity contribution is 9.10. The lowest BCUT2D eigenvalue weighted by molar-refractivity contribution is -0.118. The van der Waals surface area contributed by atoms with E-state index in [1.54, 1.807) is 0 Å². The number of benzene rings is 2. The Hall–Kier alpha value is -1.92. The first-order valence-electron chi connectivity index (χ1n) is 5.92. The third-order valence-corrected chi connectivity index (χ3v) is 3.35. The first kappa shape index (κ1) is 13.5. The van der Waals surface area contributed by atoms with Crippen LogP contribution in [0.4, 0.5) is 0 Å². The van der Waals surface area contributed by atoms with Gasteiger partial charge in [-0.1, -0.05) is 58.4 Å². The molecule has 2 aromatic carbocycles. The smallest absolute Gasteiger partial charge is 0.158 e. The predicted octanol–water partition coefficient (Wildman–Crippen LogP) is 3.87. The lowest BCUT2D eigenvalue weighted by atomic mass is 9.92. The molecule has 0 aliphatic heterocycles. The maximum atomic E-state index is 12.2. The first-order valence-corrected chi connectivity index (χ1v) is 6.71. The first-order chi connectivity index (χ1) is 9.20. The molecule has 2 nitrogen and oxygen atoms in total. The van der Waals surface area contributed by atoms with Gasteiger partial charge < -0.3 is 0 Å². The molecule has 0 bridgehead atoms. The predicted molar refractivity (Wildman–Crippen MR) is 77.6 cm³/mol. The van der Waals surface area contributed by atoms with Crippen LogP contribution >= 0.6 is 15.9 Å². The van der Waals surface area contributed by atoms with Crippen molar-refractivity contribution in [1.29, 1.82) is 5.26 Å². The number of nitriles is 1. The van der Waals surface area contributed by atoms with E-state index in [0.717, 1.165) is 15.6 Å². The van der Waals surface area contributed by atoms with E-state index in [2.05, 4.69) is 22.0 Å². The van der Waals surface area contributed by atoms with Crippen LogP contribution in [0.3, 0.4) is 0 Å². The largest absolute Gasteiger partial charge is 0.297 e. The number of halogens is 1. The zero-order chi connectivity index (χ0) is 13.7. The molecular weight excluding hydrogens is 302 g/mol. The van der Waals surface area contributed by atoms with Crippen LogP contribution in [-0.2, 0) is 11.2 Å². The minimum Gasteiger partial charge on any atom is -0.297 e. The molecule has 0 aromatic heterocycles. The van der Waals surface area contributed by atoms with E-state index in [-0.39, 0.29) is 12.2 Å². The summed E-state index contributed by atoms with van der Waals surface area (Å²) in [6, 6.07) is 18.9. The molecule has 0 radical (unpaired) electrons. The topological polar surface area (TPSA) is 40.9 Å². The Morgan fingerprint density at radius 1 is 1.16 bits per heavy atom. The van der Waals surface area contributed by atoms with Crippen molar-refractivity contribution in [3.8, 4) is 6.07 Å².